The quantitative estimate of drug-likeness (QED) is 0.751. The molecule has 102 valence electrons. The molecule has 20 heavy (non-hydrogen) atoms. The smallest absolute Gasteiger partial charge is 0.0822 e. The van der Waals surface area contributed by atoms with Crippen LogP contribution in [-0.2, 0) is 18.4 Å². The highest BCUT2D eigenvalue weighted by Gasteiger charge is 2.39. The Hall–Kier alpha value is -1.27. The van der Waals surface area contributed by atoms with E-state index in [4.69, 9.17) is 0 Å². The molecule has 0 spiro atoms. The van der Waals surface area contributed by atoms with Gasteiger partial charge in [-0.1, -0.05) is 6.07 Å². The molecule has 0 N–H and O–H groups in total. The van der Waals surface area contributed by atoms with Crippen LogP contribution in [-0.4, -0.2) is 4.57 Å². The van der Waals surface area contributed by atoms with Crippen LogP contribution in [0.3, 0.4) is 0 Å². The summed E-state index contributed by atoms with van der Waals surface area (Å²) in [6.07, 6.45) is 5.56. The van der Waals surface area contributed by atoms with Gasteiger partial charge in [-0.05, 0) is 72.2 Å². The molecule has 1 saturated carbocycles. The summed E-state index contributed by atoms with van der Waals surface area (Å²) < 4.78 is 3.65. The summed E-state index contributed by atoms with van der Waals surface area (Å²) in [7, 11) is 0. The molecule has 1 aromatic heterocycles. The van der Waals surface area contributed by atoms with Crippen molar-refractivity contribution < 1.29 is 0 Å². The number of aromatic nitrogens is 1. The van der Waals surface area contributed by atoms with Crippen LogP contribution in [0.1, 0.15) is 42.5 Å². The normalized spacial score (nSPS) is 19.6. The van der Waals surface area contributed by atoms with E-state index in [-0.39, 0.29) is 5.41 Å². The van der Waals surface area contributed by atoms with Crippen LogP contribution in [0.25, 0.3) is 10.9 Å². The molecule has 4 rings (SSSR count). The van der Waals surface area contributed by atoms with Gasteiger partial charge in [0, 0.05) is 22.1 Å². The van der Waals surface area contributed by atoms with Gasteiger partial charge < -0.3 is 4.57 Å². The second kappa shape index (κ2) is 4.11. The average Bonchev–Trinajstić information content (AvgIpc) is 2.66. The van der Waals surface area contributed by atoms with Crippen LogP contribution in [0, 0.1) is 18.3 Å². The monoisotopic (exact) mass is 328 g/mol. The molecule has 0 amide bonds. The third kappa shape index (κ3) is 1.43. The predicted octanol–water partition coefficient (Wildman–Crippen LogP) is 4.60. The third-order valence-corrected chi connectivity index (χ3v) is 6.22. The van der Waals surface area contributed by atoms with Crippen LogP contribution < -0.4 is 0 Å². The van der Waals surface area contributed by atoms with Crippen molar-refractivity contribution in [1.82, 2.24) is 4.57 Å². The van der Waals surface area contributed by atoms with Crippen molar-refractivity contribution in [2.45, 2.75) is 51.0 Å². The highest BCUT2D eigenvalue weighted by molar-refractivity contribution is 9.10. The number of hydrogen-bond donors (Lipinski definition) is 0. The van der Waals surface area contributed by atoms with E-state index in [0.29, 0.717) is 0 Å². The maximum absolute atomic E-state index is 9.60. The Morgan fingerprint density at radius 1 is 1.30 bits per heavy atom. The first kappa shape index (κ1) is 12.5. The molecule has 1 aromatic carbocycles. The first-order valence-electron chi connectivity index (χ1n) is 7.39. The lowest BCUT2D eigenvalue weighted by atomic mass is 9.65. The third-order valence-electron chi connectivity index (χ3n) is 5.22. The van der Waals surface area contributed by atoms with E-state index in [9.17, 15) is 5.26 Å². The number of aryl methyl sites for hydroxylation is 2. The number of hydrogen-bond acceptors (Lipinski definition) is 1. The van der Waals surface area contributed by atoms with Gasteiger partial charge >= 0.3 is 0 Å². The number of rotatable bonds is 1. The Balaban J connectivity index is 2.04. The van der Waals surface area contributed by atoms with Crippen LogP contribution in [0.4, 0.5) is 0 Å². The molecule has 2 heterocycles. The molecule has 0 saturated heterocycles. The first-order chi connectivity index (χ1) is 9.66. The maximum atomic E-state index is 9.60. The van der Waals surface area contributed by atoms with Crippen molar-refractivity contribution in [3.05, 3.63) is 33.4 Å². The largest absolute Gasteiger partial charge is 0.343 e. The molecule has 0 atom stereocenters. The molecule has 2 aromatic rings. The first-order valence-corrected chi connectivity index (χ1v) is 8.18. The highest BCUT2D eigenvalue weighted by atomic mass is 79.9. The van der Waals surface area contributed by atoms with Crippen LogP contribution in [0.5, 0.6) is 0 Å². The minimum absolute atomic E-state index is 0.211. The summed E-state index contributed by atoms with van der Waals surface area (Å²) in [4.78, 5) is 0. The van der Waals surface area contributed by atoms with Crippen molar-refractivity contribution in [1.29, 1.82) is 5.26 Å². The predicted molar refractivity (Wildman–Crippen MR) is 83.8 cm³/mol. The summed E-state index contributed by atoms with van der Waals surface area (Å²) in [6.45, 7) is 3.30. The van der Waals surface area contributed by atoms with Gasteiger partial charge in [0.15, 0.2) is 0 Å². The lowest BCUT2D eigenvalue weighted by Gasteiger charge is -2.36. The molecule has 0 bridgehead atoms. The zero-order chi connectivity index (χ0) is 13.9. The zero-order valence-electron chi connectivity index (χ0n) is 11.7. The second-order valence-electron chi connectivity index (χ2n) is 6.23. The van der Waals surface area contributed by atoms with Gasteiger partial charge in [0.05, 0.1) is 17.0 Å². The van der Waals surface area contributed by atoms with Crippen LogP contribution in [0.2, 0.25) is 0 Å². The van der Waals surface area contributed by atoms with Crippen molar-refractivity contribution in [3.8, 4) is 6.07 Å². The molecule has 1 aliphatic heterocycles. The fraction of sp³-hybridized carbons (Fsp3) is 0.471. The summed E-state index contributed by atoms with van der Waals surface area (Å²) in [5.74, 6) is 0. The molecule has 0 radical (unpaired) electrons. The molecule has 2 aliphatic rings. The van der Waals surface area contributed by atoms with Crippen molar-refractivity contribution in [2.24, 2.45) is 0 Å². The van der Waals surface area contributed by atoms with E-state index in [2.05, 4.69) is 45.6 Å². The van der Waals surface area contributed by atoms with E-state index in [0.717, 1.165) is 25.8 Å². The molecular weight excluding hydrogens is 312 g/mol. The Labute approximate surface area is 127 Å². The van der Waals surface area contributed by atoms with E-state index in [1.165, 1.54) is 45.0 Å². The van der Waals surface area contributed by atoms with Gasteiger partial charge in [0.25, 0.3) is 0 Å². The lowest BCUT2D eigenvalue weighted by molar-refractivity contribution is 0.324. The molecule has 2 nitrogen and oxygen atoms in total. The fourth-order valence-electron chi connectivity index (χ4n) is 3.83. The Kier molecular flexibility index (Phi) is 2.57. The van der Waals surface area contributed by atoms with Gasteiger partial charge in [-0.2, -0.15) is 5.26 Å². The Bertz CT molecular complexity index is 760. The van der Waals surface area contributed by atoms with Crippen LogP contribution >= 0.6 is 15.9 Å². The summed E-state index contributed by atoms with van der Waals surface area (Å²) >= 11 is 3.76. The molecule has 1 aliphatic carbocycles. The lowest BCUT2D eigenvalue weighted by Crippen LogP contribution is -2.32. The van der Waals surface area contributed by atoms with Gasteiger partial charge in [0.2, 0.25) is 0 Å². The van der Waals surface area contributed by atoms with Crippen LogP contribution in [0.15, 0.2) is 16.6 Å². The van der Waals surface area contributed by atoms with Gasteiger partial charge in [-0.25, -0.2) is 0 Å². The zero-order valence-corrected chi connectivity index (χ0v) is 13.3. The summed E-state index contributed by atoms with van der Waals surface area (Å²) in [5, 5.41) is 10.9. The van der Waals surface area contributed by atoms with E-state index in [1.54, 1.807) is 0 Å². The Morgan fingerprint density at radius 3 is 2.75 bits per heavy atom. The van der Waals surface area contributed by atoms with Gasteiger partial charge in [-0.3, -0.25) is 0 Å². The maximum Gasteiger partial charge on any atom is 0.0822 e. The number of halogens is 1. The Morgan fingerprint density at radius 2 is 2.10 bits per heavy atom. The van der Waals surface area contributed by atoms with Crippen molar-refractivity contribution in [2.75, 3.05) is 0 Å². The summed E-state index contributed by atoms with van der Waals surface area (Å²) in [5.41, 5.74) is 5.17. The number of benzene rings is 1. The van der Waals surface area contributed by atoms with Crippen molar-refractivity contribution >= 4 is 26.8 Å². The molecule has 1 fully saturated rings. The molecule has 0 unspecified atom stereocenters. The second-order valence-corrected chi connectivity index (χ2v) is 7.03. The van der Waals surface area contributed by atoms with Gasteiger partial charge in [-0.15, -0.1) is 0 Å². The minimum Gasteiger partial charge on any atom is -0.343 e. The average molecular weight is 329 g/mol. The van der Waals surface area contributed by atoms with E-state index in [1.807, 2.05) is 0 Å². The van der Waals surface area contributed by atoms with Crippen molar-refractivity contribution in [3.63, 3.8) is 0 Å². The van der Waals surface area contributed by atoms with E-state index >= 15 is 0 Å². The topological polar surface area (TPSA) is 28.7 Å². The fourth-order valence-corrected chi connectivity index (χ4v) is 4.35. The highest BCUT2D eigenvalue weighted by Crippen LogP contribution is 2.46. The SMILES string of the molecule is Cc1c(Br)c2cc(C3(C#N)CCC3)cc3c2n1CCC3. The number of nitrogens with zero attached hydrogens (tertiary/aromatic N) is 2. The minimum atomic E-state index is -0.211. The van der Waals surface area contributed by atoms with Gasteiger partial charge in [0.1, 0.15) is 0 Å². The molecule has 3 heteroatoms. The standard InChI is InChI=1S/C17H17BrN2/c1-11-15(18)14-9-13(17(10-19)5-3-6-17)8-12-4-2-7-20(11)16(12)14/h8-9H,2-7H2,1H3. The molecular formula is C17H17BrN2. The van der Waals surface area contributed by atoms with E-state index < -0.39 is 0 Å². The number of nitriles is 1. The summed E-state index contributed by atoms with van der Waals surface area (Å²) in [6, 6.07) is 7.16.